The van der Waals surface area contributed by atoms with Crippen LogP contribution in [0.4, 0.5) is 0 Å². The molecule has 2 rings (SSSR count). The van der Waals surface area contributed by atoms with E-state index < -0.39 is 20.5 Å². The maximum Gasteiger partial charge on any atom is 0.264 e. The van der Waals surface area contributed by atoms with Crippen LogP contribution >= 0.6 is 0 Å². The van der Waals surface area contributed by atoms with Crippen molar-refractivity contribution in [2.24, 2.45) is 0 Å². The van der Waals surface area contributed by atoms with Gasteiger partial charge in [-0.1, -0.05) is 38.1 Å². The lowest BCUT2D eigenvalue weighted by molar-refractivity contribution is -0.131. The molecule has 0 bridgehead atoms. The first kappa shape index (κ1) is 21.8. The molecule has 0 fully saturated rings. The summed E-state index contributed by atoms with van der Waals surface area (Å²) >= 11 is 0. The first-order valence-corrected chi connectivity index (χ1v) is 10.8. The first-order chi connectivity index (χ1) is 13.0. The van der Waals surface area contributed by atoms with Gasteiger partial charge in [0.05, 0.1) is 0 Å². The van der Waals surface area contributed by atoms with Crippen LogP contribution in [0.5, 0.6) is 0 Å². The fraction of sp³-hybridized carbons (Fsp3) is 0.400. The molecule has 0 aliphatic rings. The van der Waals surface area contributed by atoms with Gasteiger partial charge < -0.3 is 4.57 Å². The predicted molar refractivity (Wildman–Crippen MR) is 108 cm³/mol. The van der Waals surface area contributed by atoms with Crippen molar-refractivity contribution in [1.29, 1.82) is 0 Å². The molecule has 0 aliphatic heterocycles. The molecule has 28 heavy (non-hydrogen) atoms. The average molecular weight is 407 g/mol. The Balaban J connectivity index is 2.29. The first-order valence-electron chi connectivity index (χ1n) is 8.94. The highest BCUT2D eigenvalue weighted by atomic mass is 32.2. The molecule has 1 aromatic carbocycles. The topological polar surface area (TPSA) is 105 Å². The zero-order valence-electron chi connectivity index (χ0n) is 16.5. The molecule has 0 saturated carbocycles. The Bertz CT molecular complexity index is 1030. The number of pyridine rings is 1. The third-order valence-electron chi connectivity index (χ3n) is 5.11. The van der Waals surface area contributed by atoms with Crippen molar-refractivity contribution >= 4 is 15.7 Å². The molecule has 0 unspecified atom stereocenters. The number of carbonyl (C=O) groups is 1. The molecule has 1 atom stereocenters. The summed E-state index contributed by atoms with van der Waals surface area (Å²) in [5.74, 6) is -0.656. The minimum absolute atomic E-state index is 0.0160. The highest BCUT2D eigenvalue weighted by Gasteiger charge is 2.43. The molecule has 2 N–H and O–H groups in total. The number of rotatable bonds is 7. The van der Waals surface area contributed by atoms with Gasteiger partial charge in [-0.25, -0.2) is 13.9 Å². The Morgan fingerprint density at radius 1 is 1.21 bits per heavy atom. The smallest absolute Gasteiger partial charge is 0.264 e. The van der Waals surface area contributed by atoms with E-state index in [2.05, 4.69) is 13.8 Å². The van der Waals surface area contributed by atoms with Crippen molar-refractivity contribution in [1.82, 2.24) is 10.0 Å². The maximum absolute atomic E-state index is 12.5. The van der Waals surface area contributed by atoms with Crippen molar-refractivity contribution in [3.63, 3.8) is 0 Å². The number of amides is 1. The molecular formula is C20H26N2O5S. The number of hydroxylamine groups is 1. The molecule has 7 nitrogen and oxygen atoms in total. The summed E-state index contributed by atoms with van der Waals surface area (Å²) in [4.78, 5) is 24.4. The standard InChI is InChI=1S/C20H26N2O5S/c1-14(2)15-6-5-7-16(12-15)17-8-10-22(18(23)13-17)11-9-20(3,19(24)21-25)28(4,26)27/h5-8,10,12-14,25H,9,11H2,1-4H3,(H,21,24)/t20-/m1/s1. The van der Waals surface area contributed by atoms with E-state index >= 15 is 0 Å². The van der Waals surface area contributed by atoms with Crippen LogP contribution in [0.15, 0.2) is 47.4 Å². The summed E-state index contributed by atoms with van der Waals surface area (Å²) in [7, 11) is -3.81. The highest BCUT2D eigenvalue weighted by molar-refractivity contribution is 7.92. The molecule has 152 valence electrons. The molecule has 0 saturated heterocycles. The molecule has 2 aromatic rings. The lowest BCUT2D eigenvalue weighted by Crippen LogP contribution is -2.49. The number of aryl methyl sites for hydroxylation is 1. The largest absolute Gasteiger partial charge is 0.315 e. The Labute approximate surface area is 164 Å². The van der Waals surface area contributed by atoms with Gasteiger partial charge in [-0.2, -0.15) is 0 Å². The van der Waals surface area contributed by atoms with E-state index in [4.69, 9.17) is 5.21 Å². The van der Waals surface area contributed by atoms with Gasteiger partial charge in [0.2, 0.25) is 0 Å². The second-order valence-corrected chi connectivity index (χ2v) is 9.87. The van der Waals surface area contributed by atoms with Gasteiger partial charge in [-0.15, -0.1) is 0 Å². The van der Waals surface area contributed by atoms with E-state index in [1.807, 2.05) is 24.3 Å². The molecule has 1 heterocycles. The van der Waals surface area contributed by atoms with Gasteiger partial charge in [-0.05, 0) is 42.0 Å². The van der Waals surface area contributed by atoms with Crippen LogP contribution in [-0.4, -0.2) is 35.1 Å². The quantitative estimate of drug-likeness (QED) is 0.542. The van der Waals surface area contributed by atoms with Crippen LogP contribution < -0.4 is 11.0 Å². The minimum atomic E-state index is -3.81. The maximum atomic E-state index is 12.5. The molecular weight excluding hydrogens is 380 g/mol. The Kier molecular flexibility index (Phi) is 6.46. The van der Waals surface area contributed by atoms with E-state index in [1.54, 1.807) is 12.3 Å². The van der Waals surface area contributed by atoms with Crippen molar-refractivity contribution in [3.05, 3.63) is 58.5 Å². The summed E-state index contributed by atoms with van der Waals surface area (Å²) in [6.07, 6.45) is 2.36. The predicted octanol–water partition coefficient (Wildman–Crippen LogP) is 2.34. The van der Waals surface area contributed by atoms with Gasteiger partial charge in [0.1, 0.15) is 0 Å². The van der Waals surface area contributed by atoms with E-state index in [0.29, 0.717) is 5.92 Å². The van der Waals surface area contributed by atoms with Gasteiger partial charge in [0, 0.05) is 25.1 Å². The van der Waals surface area contributed by atoms with Crippen molar-refractivity contribution in [2.45, 2.75) is 44.4 Å². The van der Waals surface area contributed by atoms with Crippen molar-refractivity contribution in [2.75, 3.05) is 6.26 Å². The lowest BCUT2D eigenvalue weighted by Gasteiger charge is -2.25. The van der Waals surface area contributed by atoms with Crippen molar-refractivity contribution in [3.8, 4) is 11.1 Å². The number of hydrogen-bond acceptors (Lipinski definition) is 5. The number of nitrogens with zero attached hydrogens (tertiary/aromatic N) is 1. The summed E-state index contributed by atoms with van der Waals surface area (Å²) < 4.78 is 23.6. The lowest BCUT2D eigenvalue weighted by atomic mass is 9.98. The van der Waals surface area contributed by atoms with E-state index in [0.717, 1.165) is 17.4 Å². The number of hydrogen-bond donors (Lipinski definition) is 2. The average Bonchev–Trinajstić information content (AvgIpc) is 2.65. The Morgan fingerprint density at radius 2 is 1.86 bits per heavy atom. The Morgan fingerprint density at radius 3 is 2.39 bits per heavy atom. The number of carbonyl (C=O) groups excluding carboxylic acids is 1. The molecule has 8 heteroatoms. The number of benzene rings is 1. The van der Waals surface area contributed by atoms with Gasteiger partial charge in [0.15, 0.2) is 14.6 Å². The van der Waals surface area contributed by atoms with Crippen LogP contribution in [0.2, 0.25) is 0 Å². The van der Waals surface area contributed by atoms with E-state index in [-0.39, 0.29) is 18.5 Å². The SMILES string of the molecule is CC(C)c1cccc(-c2ccn(CC[C@](C)(C(=O)NO)S(C)(=O)=O)c(=O)c2)c1. The zero-order chi connectivity index (χ0) is 21.1. The summed E-state index contributed by atoms with van der Waals surface area (Å²) in [6.45, 7) is 5.43. The van der Waals surface area contributed by atoms with Crippen LogP contribution in [0.1, 0.15) is 38.7 Å². The molecule has 0 radical (unpaired) electrons. The van der Waals surface area contributed by atoms with Gasteiger partial charge >= 0.3 is 0 Å². The number of sulfone groups is 1. The van der Waals surface area contributed by atoms with Crippen LogP contribution in [0.3, 0.4) is 0 Å². The highest BCUT2D eigenvalue weighted by Crippen LogP contribution is 2.24. The third kappa shape index (κ3) is 4.51. The zero-order valence-corrected chi connectivity index (χ0v) is 17.3. The second kappa shape index (κ2) is 8.28. The summed E-state index contributed by atoms with van der Waals surface area (Å²) in [5, 5.41) is 8.88. The van der Waals surface area contributed by atoms with Crippen LogP contribution in [-0.2, 0) is 21.2 Å². The van der Waals surface area contributed by atoms with Gasteiger partial charge in [0.25, 0.3) is 11.5 Å². The normalized spacial score (nSPS) is 13.9. The van der Waals surface area contributed by atoms with Crippen LogP contribution in [0, 0.1) is 0 Å². The third-order valence-corrected chi connectivity index (χ3v) is 7.14. The fourth-order valence-electron chi connectivity index (χ4n) is 2.87. The Hall–Kier alpha value is -2.45. The molecule has 1 aromatic heterocycles. The minimum Gasteiger partial charge on any atom is -0.315 e. The van der Waals surface area contributed by atoms with E-state index in [1.165, 1.54) is 28.6 Å². The molecule has 0 aliphatic carbocycles. The summed E-state index contributed by atoms with van der Waals surface area (Å²) in [5.41, 5.74) is 3.96. The van der Waals surface area contributed by atoms with Crippen LogP contribution in [0.25, 0.3) is 11.1 Å². The summed E-state index contributed by atoms with van der Waals surface area (Å²) in [6, 6.07) is 11.2. The monoisotopic (exact) mass is 406 g/mol. The second-order valence-electron chi connectivity index (χ2n) is 7.42. The van der Waals surface area contributed by atoms with Crippen molar-refractivity contribution < 1.29 is 18.4 Å². The van der Waals surface area contributed by atoms with E-state index in [9.17, 15) is 18.0 Å². The number of nitrogens with one attached hydrogen (secondary N) is 1. The van der Waals surface area contributed by atoms with Gasteiger partial charge in [-0.3, -0.25) is 14.8 Å². The molecule has 1 amide bonds. The number of aromatic nitrogens is 1. The fourth-order valence-corrected chi connectivity index (χ4v) is 3.71. The molecule has 0 spiro atoms.